The maximum absolute atomic E-state index is 13.8. The summed E-state index contributed by atoms with van der Waals surface area (Å²) in [5, 5.41) is 21.8. The van der Waals surface area contributed by atoms with Gasteiger partial charge >= 0.3 is 6.09 Å². The van der Waals surface area contributed by atoms with Crippen LogP contribution in [0.15, 0.2) is 115 Å². The standard InChI is InChI=1S/C36H39N5O6/c1-25(39-36(46)47-24-28-17-9-4-10-18-28)33(43)41-31(22-29-19-11-12-20-37-29)34(44)40-30(21-26-13-5-2-6-14-26)32(42)35(45)38-23-27-15-7-3-8-16-27/h2-20,25,30-32,42H,21-24H2,1H3,(H,38,45)(H,39,46)(H,40,44)(H,41,43)/t25?,30-,31-,32-/m0/s1. The number of alkyl carbamates (subject to hydrolysis) is 1. The molecule has 0 aliphatic carbocycles. The lowest BCUT2D eigenvalue weighted by Gasteiger charge is -2.27. The molecule has 5 N–H and O–H groups in total. The summed E-state index contributed by atoms with van der Waals surface area (Å²) >= 11 is 0. The molecule has 0 radical (unpaired) electrons. The van der Waals surface area contributed by atoms with Gasteiger partial charge in [-0.25, -0.2) is 4.79 Å². The largest absolute Gasteiger partial charge is 0.445 e. The van der Waals surface area contributed by atoms with Crippen LogP contribution in [-0.2, 0) is 45.1 Å². The fourth-order valence-electron chi connectivity index (χ4n) is 4.71. The number of amides is 4. The fraction of sp³-hybridized carbons (Fsp3) is 0.250. The van der Waals surface area contributed by atoms with E-state index in [0.717, 1.165) is 16.7 Å². The first kappa shape index (κ1) is 34.3. The van der Waals surface area contributed by atoms with E-state index in [-0.39, 0.29) is 26.0 Å². The quantitative estimate of drug-likeness (QED) is 0.134. The molecule has 0 saturated carbocycles. The van der Waals surface area contributed by atoms with Crippen LogP contribution in [0.5, 0.6) is 0 Å². The lowest BCUT2D eigenvalue weighted by molar-refractivity contribution is -0.134. The maximum atomic E-state index is 13.8. The number of hydrogen-bond donors (Lipinski definition) is 5. The zero-order valence-corrected chi connectivity index (χ0v) is 26.0. The summed E-state index contributed by atoms with van der Waals surface area (Å²) in [6.07, 6.45) is -0.679. The predicted octanol–water partition coefficient (Wildman–Crippen LogP) is 2.83. The minimum absolute atomic E-state index is 0.0118. The SMILES string of the molecule is CC(NC(=O)OCc1ccccc1)C(=O)N[C@@H](Cc1ccccn1)C(=O)N[C@@H](Cc1ccccc1)[C@H](O)C(=O)NCc1ccccc1. The first-order chi connectivity index (χ1) is 22.8. The highest BCUT2D eigenvalue weighted by atomic mass is 16.5. The topological polar surface area (TPSA) is 159 Å². The second-order valence-corrected chi connectivity index (χ2v) is 11.0. The Bertz CT molecular complexity index is 1580. The molecule has 11 nitrogen and oxygen atoms in total. The monoisotopic (exact) mass is 637 g/mol. The first-order valence-electron chi connectivity index (χ1n) is 15.3. The molecular weight excluding hydrogens is 598 g/mol. The average Bonchev–Trinajstić information content (AvgIpc) is 3.10. The Hall–Kier alpha value is -5.55. The van der Waals surface area contributed by atoms with Gasteiger partial charge in [0.15, 0.2) is 6.10 Å². The number of aromatic nitrogens is 1. The summed E-state index contributed by atoms with van der Waals surface area (Å²) in [7, 11) is 0. The number of aliphatic hydroxyl groups excluding tert-OH is 1. The number of benzene rings is 3. The minimum Gasteiger partial charge on any atom is -0.445 e. The molecular formula is C36H39N5O6. The molecule has 11 heteroatoms. The van der Waals surface area contributed by atoms with Gasteiger partial charge < -0.3 is 31.1 Å². The zero-order valence-electron chi connectivity index (χ0n) is 26.0. The van der Waals surface area contributed by atoms with Crippen molar-refractivity contribution in [3.63, 3.8) is 0 Å². The van der Waals surface area contributed by atoms with Gasteiger partial charge in [-0.2, -0.15) is 0 Å². The smallest absolute Gasteiger partial charge is 0.408 e. The molecule has 0 bridgehead atoms. The van der Waals surface area contributed by atoms with Crippen molar-refractivity contribution in [2.75, 3.05) is 0 Å². The van der Waals surface area contributed by atoms with E-state index in [4.69, 9.17) is 4.74 Å². The molecule has 4 atom stereocenters. The van der Waals surface area contributed by atoms with Crippen LogP contribution in [0, 0.1) is 0 Å². The molecule has 1 unspecified atom stereocenters. The summed E-state index contributed by atoms with van der Waals surface area (Å²) in [5.41, 5.74) is 2.94. The fourth-order valence-corrected chi connectivity index (χ4v) is 4.71. The molecule has 0 aliphatic heterocycles. The van der Waals surface area contributed by atoms with E-state index >= 15 is 0 Å². The third-order valence-electron chi connectivity index (χ3n) is 7.30. The number of nitrogens with zero attached hydrogens (tertiary/aromatic N) is 1. The zero-order chi connectivity index (χ0) is 33.4. The van der Waals surface area contributed by atoms with Crippen molar-refractivity contribution in [3.8, 4) is 0 Å². The van der Waals surface area contributed by atoms with Crippen molar-refractivity contribution in [3.05, 3.63) is 138 Å². The van der Waals surface area contributed by atoms with Crippen molar-refractivity contribution in [1.82, 2.24) is 26.3 Å². The van der Waals surface area contributed by atoms with E-state index in [2.05, 4.69) is 26.3 Å². The normalized spacial score (nSPS) is 13.2. The second kappa shape index (κ2) is 17.8. The Morgan fingerprint density at radius 2 is 1.28 bits per heavy atom. The van der Waals surface area contributed by atoms with Crippen LogP contribution in [0.25, 0.3) is 0 Å². The lowest BCUT2D eigenvalue weighted by atomic mass is 9.99. The molecule has 3 aromatic carbocycles. The van der Waals surface area contributed by atoms with Gasteiger partial charge in [0.1, 0.15) is 18.7 Å². The van der Waals surface area contributed by atoms with Crippen LogP contribution in [0.2, 0.25) is 0 Å². The lowest BCUT2D eigenvalue weighted by Crippen LogP contribution is -2.58. The summed E-state index contributed by atoms with van der Waals surface area (Å²) < 4.78 is 5.22. The predicted molar refractivity (Wildman–Crippen MR) is 175 cm³/mol. The number of nitrogens with one attached hydrogen (secondary N) is 4. The Morgan fingerprint density at radius 1 is 0.681 bits per heavy atom. The highest BCUT2D eigenvalue weighted by molar-refractivity contribution is 5.92. The van der Waals surface area contributed by atoms with Gasteiger partial charge in [-0.1, -0.05) is 97.1 Å². The number of carbonyl (C=O) groups is 4. The molecule has 0 saturated heterocycles. The summed E-state index contributed by atoms with van der Waals surface area (Å²) in [5.74, 6) is -1.94. The average molecular weight is 638 g/mol. The third-order valence-corrected chi connectivity index (χ3v) is 7.30. The minimum atomic E-state index is -1.60. The van der Waals surface area contributed by atoms with Crippen molar-refractivity contribution in [2.24, 2.45) is 0 Å². The number of carbonyl (C=O) groups excluding carboxylic acids is 4. The van der Waals surface area contributed by atoms with Crippen LogP contribution in [0.3, 0.4) is 0 Å². The molecule has 0 fully saturated rings. The van der Waals surface area contributed by atoms with Crippen molar-refractivity contribution in [1.29, 1.82) is 0 Å². The van der Waals surface area contributed by atoms with Gasteiger partial charge in [-0.3, -0.25) is 19.4 Å². The van der Waals surface area contributed by atoms with Crippen LogP contribution in [0.4, 0.5) is 4.79 Å². The third kappa shape index (κ3) is 11.4. The van der Waals surface area contributed by atoms with Gasteiger partial charge in [-0.15, -0.1) is 0 Å². The molecule has 4 aromatic rings. The molecule has 0 aliphatic rings. The molecule has 244 valence electrons. The van der Waals surface area contributed by atoms with Crippen molar-refractivity contribution < 1.29 is 29.0 Å². The Kier molecular flexibility index (Phi) is 13.0. The van der Waals surface area contributed by atoms with Crippen LogP contribution in [0.1, 0.15) is 29.3 Å². The molecule has 47 heavy (non-hydrogen) atoms. The van der Waals surface area contributed by atoms with Gasteiger partial charge in [-0.05, 0) is 42.2 Å². The number of rotatable bonds is 15. The number of pyridine rings is 1. The summed E-state index contributed by atoms with van der Waals surface area (Å²) in [6, 6.07) is 29.4. The van der Waals surface area contributed by atoms with E-state index in [1.807, 2.05) is 78.9 Å². The van der Waals surface area contributed by atoms with E-state index in [0.29, 0.717) is 5.69 Å². The highest BCUT2D eigenvalue weighted by Crippen LogP contribution is 2.10. The molecule has 1 aromatic heterocycles. The van der Waals surface area contributed by atoms with E-state index in [9.17, 15) is 24.3 Å². The van der Waals surface area contributed by atoms with Crippen LogP contribution >= 0.6 is 0 Å². The number of ether oxygens (including phenoxy) is 1. The first-order valence-corrected chi connectivity index (χ1v) is 15.3. The Labute approximate surface area is 273 Å². The molecule has 0 spiro atoms. The number of hydrogen-bond acceptors (Lipinski definition) is 7. The van der Waals surface area contributed by atoms with E-state index in [1.165, 1.54) is 6.92 Å². The van der Waals surface area contributed by atoms with E-state index in [1.54, 1.807) is 36.5 Å². The summed E-state index contributed by atoms with van der Waals surface area (Å²) in [6.45, 7) is 1.68. The van der Waals surface area contributed by atoms with Gasteiger partial charge in [0, 0.05) is 24.9 Å². The number of aliphatic hydroxyl groups is 1. The Balaban J connectivity index is 1.45. The van der Waals surface area contributed by atoms with E-state index < -0.39 is 48.0 Å². The molecule has 4 rings (SSSR count). The molecule has 1 heterocycles. The van der Waals surface area contributed by atoms with Gasteiger partial charge in [0.25, 0.3) is 5.91 Å². The van der Waals surface area contributed by atoms with Crippen molar-refractivity contribution >= 4 is 23.8 Å². The van der Waals surface area contributed by atoms with Gasteiger partial charge in [0.05, 0.1) is 6.04 Å². The maximum Gasteiger partial charge on any atom is 0.408 e. The highest BCUT2D eigenvalue weighted by Gasteiger charge is 2.32. The van der Waals surface area contributed by atoms with Crippen molar-refractivity contribution in [2.45, 2.75) is 57.1 Å². The molecule has 4 amide bonds. The Morgan fingerprint density at radius 3 is 1.89 bits per heavy atom. The van der Waals surface area contributed by atoms with Gasteiger partial charge in [0.2, 0.25) is 11.8 Å². The second-order valence-electron chi connectivity index (χ2n) is 11.0. The summed E-state index contributed by atoms with van der Waals surface area (Å²) in [4.78, 5) is 56.7. The van der Waals surface area contributed by atoms with Crippen LogP contribution < -0.4 is 21.3 Å². The van der Waals surface area contributed by atoms with Crippen LogP contribution in [-0.4, -0.2) is 58.1 Å².